The Bertz CT molecular complexity index is 2250. The highest BCUT2D eigenvalue weighted by Gasteiger charge is 2.72. The van der Waals surface area contributed by atoms with Crippen LogP contribution in [-0.4, -0.2) is 62.1 Å². The molecular formula is C68H109N3O6. The topological polar surface area (TPSA) is 123 Å². The van der Waals surface area contributed by atoms with Gasteiger partial charge in [-0.3, -0.25) is 19.2 Å². The normalized spacial score (nSPS) is 49.1. The molecule has 0 heterocycles. The maximum atomic E-state index is 15.0. The molecular weight excluding hydrogens is 955 g/mol. The number of rotatable bonds is 10. The van der Waals surface area contributed by atoms with Gasteiger partial charge in [0.2, 0.25) is 11.8 Å². The molecule has 0 saturated heterocycles. The maximum absolute atomic E-state index is 15.0. The third-order valence-corrected chi connectivity index (χ3v) is 28.6. The fraction of sp³-hybridized carbons (Fsp3) is 0.882. The van der Waals surface area contributed by atoms with Crippen molar-refractivity contribution < 1.29 is 28.7 Å². The van der Waals surface area contributed by atoms with E-state index in [-0.39, 0.29) is 102 Å². The lowest BCUT2D eigenvalue weighted by Gasteiger charge is -2.71. The van der Waals surface area contributed by atoms with Crippen LogP contribution in [0.15, 0.2) is 23.3 Å². The predicted molar refractivity (Wildman–Crippen MR) is 308 cm³/mol. The van der Waals surface area contributed by atoms with Crippen molar-refractivity contribution in [3.05, 3.63) is 23.3 Å². The standard InChI is InChI=1S/C68H109N3O6/c1-41-21-31-67(35-33-63(13)47(55(67)43(41)3)17-19-51-61(11)27-25-53(76-45(5)72)59(7,8)49(61)23-29-65(51,63)15)57(74)70-39-37-69-38-40-71-58(75)68-32-22-42(2)44(4)56(68)48-18-20-52-62(12)28-26-54(77-46(6)73)60(9,10)50(62)24-30-66(52,16)64(48,14)34-36-68/h17-18,41-44,49-56,69H,19-40H2,1-16H3,(H,70,74)(H,71,75)/t41-,42-,43+,44+,49+,50+,51-,52-,53+,54+,55+,56+,61+,62+,63-,64-,65-,66-,67+,68+/m1/s1. The van der Waals surface area contributed by atoms with Crippen LogP contribution in [0.1, 0.15) is 226 Å². The number of nitrogens with one attached hydrogen (secondary N) is 3. The van der Waals surface area contributed by atoms with E-state index < -0.39 is 0 Å². The Labute approximate surface area is 467 Å². The summed E-state index contributed by atoms with van der Waals surface area (Å²) in [7, 11) is 0. The Morgan fingerprint density at radius 2 is 0.844 bits per heavy atom. The highest BCUT2D eigenvalue weighted by atomic mass is 16.5. The molecule has 0 aromatic carbocycles. The maximum Gasteiger partial charge on any atom is 0.302 e. The lowest BCUT2D eigenvalue weighted by Crippen LogP contribution is -2.66. The molecule has 0 aliphatic heterocycles. The number of fused-ring (bicyclic) bond motifs is 14. The van der Waals surface area contributed by atoms with Crippen molar-refractivity contribution in [2.75, 3.05) is 26.2 Å². The van der Waals surface area contributed by atoms with E-state index in [0.29, 0.717) is 73.5 Å². The third kappa shape index (κ3) is 8.20. The lowest BCUT2D eigenvalue weighted by atomic mass is 9.33. The zero-order chi connectivity index (χ0) is 55.9. The number of hydrogen-bond acceptors (Lipinski definition) is 7. The van der Waals surface area contributed by atoms with Gasteiger partial charge in [0.05, 0.1) is 10.8 Å². The van der Waals surface area contributed by atoms with E-state index >= 15 is 0 Å². The molecule has 8 fully saturated rings. The quantitative estimate of drug-likeness (QED) is 0.113. The number of carbonyl (C=O) groups excluding carboxylic acids is 4. The first-order valence-corrected chi connectivity index (χ1v) is 32.0. The van der Waals surface area contributed by atoms with Crippen molar-refractivity contribution in [2.45, 2.75) is 239 Å². The minimum absolute atomic E-state index is 0.0243. The highest BCUT2D eigenvalue weighted by molar-refractivity contribution is 5.85. The molecule has 77 heavy (non-hydrogen) atoms. The first-order chi connectivity index (χ1) is 36.0. The van der Waals surface area contributed by atoms with Crippen LogP contribution in [0, 0.1) is 113 Å². The summed E-state index contributed by atoms with van der Waals surface area (Å²) in [6.45, 7) is 40.6. The minimum Gasteiger partial charge on any atom is -0.462 e. The van der Waals surface area contributed by atoms with Gasteiger partial charge in [-0.25, -0.2) is 0 Å². The molecule has 8 saturated carbocycles. The van der Waals surface area contributed by atoms with Crippen LogP contribution in [0.2, 0.25) is 0 Å². The molecule has 20 atom stereocenters. The molecule has 0 bridgehead atoms. The fourth-order valence-electron chi connectivity index (χ4n) is 23.5. The second-order valence-corrected chi connectivity index (χ2v) is 31.8. The lowest BCUT2D eigenvalue weighted by molar-refractivity contribution is -0.213. The van der Waals surface area contributed by atoms with E-state index in [4.69, 9.17) is 9.47 Å². The third-order valence-electron chi connectivity index (χ3n) is 28.6. The van der Waals surface area contributed by atoms with Gasteiger partial charge >= 0.3 is 11.9 Å². The van der Waals surface area contributed by atoms with Crippen LogP contribution in [0.4, 0.5) is 0 Å². The molecule has 10 aliphatic carbocycles. The summed E-state index contributed by atoms with van der Waals surface area (Å²) in [5, 5.41) is 10.7. The predicted octanol–water partition coefficient (Wildman–Crippen LogP) is 14.0. The SMILES string of the molecule is CC(=O)O[C@H]1CC[C@]2(C)[C@H]3CC=C4[C@@H]5[C@@H](C)[C@H](C)CC[C@]5(C(=O)NCCNCCNC(=O)[C@]56CC[C@@H](C)[C@H](C)[C@H]5C5=CC[C@@H]7[C@@]8(C)CC[C@H](OC(C)=O)C(C)(C)[C@@H]8CC[C@@]7(C)[C@]5(C)CC6)CC[C@@]4(C)[C@]3(C)CC[C@H]2C1(C)C. The summed E-state index contributed by atoms with van der Waals surface area (Å²) in [6, 6.07) is 0. The van der Waals surface area contributed by atoms with Crippen LogP contribution >= 0.6 is 0 Å². The van der Waals surface area contributed by atoms with Gasteiger partial charge in [-0.05, 0) is 207 Å². The Morgan fingerprint density at radius 1 is 0.468 bits per heavy atom. The van der Waals surface area contributed by atoms with Gasteiger partial charge in [0.15, 0.2) is 0 Å². The van der Waals surface area contributed by atoms with Gasteiger partial charge in [-0.15, -0.1) is 0 Å². The van der Waals surface area contributed by atoms with Crippen LogP contribution in [0.3, 0.4) is 0 Å². The molecule has 2 amide bonds. The summed E-state index contributed by atoms with van der Waals surface area (Å²) >= 11 is 0. The summed E-state index contributed by atoms with van der Waals surface area (Å²) in [5.41, 5.74) is 3.00. The van der Waals surface area contributed by atoms with Gasteiger partial charge in [-0.2, -0.15) is 0 Å². The van der Waals surface area contributed by atoms with Crippen molar-refractivity contribution in [3.63, 3.8) is 0 Å². The Morgan fingerprint density at radius 3 is 1.21 bits per heavy atom. The van der Waals surface area contributed by atoms with Crippen molar-refractivity contribution in [2.24, 2.45) is 113 Å². The smallest absolute Gasteiger partial charge is 0.302 e. The van der Waals surface area contributed by atoms with E-state index in [0.717, 1.165) is 103 Å². The van der Waals surface area contributed by atoms with Gasteiger partial charge in [0.25, 0.3) is 0 Å². The molecule has 9 heteroatoms. The average molecular weight is 1060 g/mol. The van der Waals surface area contributed by atoms with E-state index in [9.17, 15) is 19.2 Å². The Balaban J connectivity index is 0.779. The van der Waals surface area contributed by atoms with E-state index in [1.54, 1.807) is 25.0 Å². The van der Waals surface area contributed by atoms with E-state index in [1.165, 1.54) is 12.8 Å². The number of amides is 2. The molecule has 0 radical (unpaired) electrons. The van der Waals surface area contributed by atoms with Crippen LogP contribution in [-0.2, 0) is 28.7 Å². The van der Waals surface area contributed by atoms with Crippen LogP contribution in [0.5, 0.6) is 0 Å². The number of carbonyl (C=O) groups is 4. The number of allylic oxidation sites excluding steroid dienone is 4. The molecule has 10 aliphatic rings. The fourth-order valence-corrected chi connectivity index (χ4v) is 23.5. The first kappa shape index (κ1) is 57.6. The van der Waals surface area contributed by atoms with Crippen LogP contribution in [0.25, 0.3) is 0 Å². The van der Waals surface area contributed by atoms with Gasteiger partial charge < -0.3 is 25.4 Å². The zero-order valence-corrected chi connectivity index (χ0v) is 51.6. The molecule has 0 aromatic rings. The number of esters is 2. The molecule has 3 N–H and O–H groups in total. The van der Waals surface area contributed by atoms with Crippen LogP contribution < -0.4 is 16.0 Å². The van der Waals surface area contributed by atoms with Crippen molar-refractivity contribution in [1.82, 2.24) is 16.0 Å². The molecule has 0 unspecified atom stereocenters. The summed E-state index contributed by atoms with van der Waals surface area (Å²) in [5.74, 6) is 4.84. The molecule has 0 spiro atoms. The van der Waals surface area contributed by atoms with Gasteiger partial charge in [-0.1, -0.05) is 120 Å². The Kier molecular flexibility index (Phi) is 14.6. The van der Waals surface area contributed by atoms with E-state index in [2.05, 4.69) is 125 Å². The zero-order valence-electron chi connectivity index (χ0n) is 51.6. The molecule has 0 aromatic heterocycles. The molecule has 10 rings (SSSR count). The average Bonchev–Trinajstić information content (AvgIpc) is 3.45. The first-order valence-electron chi connectivity index (χ1n) is 32.0. The minimum atomic E-state index is -0.382. The summed E-state index contributed by atoms with van der Waals surface area (Å²) < 4.78 is 12.0. The Hall–Kier alpha value is -2.68. The van der Waals surface area contributed by atoms with Crippen molar-refractivity contribution in [1.29, 1.82) is 0 Å². The van der Waals surface area contributed by atoms with Gasteiger partial charge in [0, 0.05) is 50.9 Å². The largest absolute Gasteiger partial charge is 0.462 e. The molecule has 432 valence electrons. The van der Waals surface area contributed by atoms with Crippen molar-refractivity contribution in [3.8, 4) is 0 Å². The second-order valence-electron chi connectivity index (χ2n) is 31.8. The number of ether oxygens (including phenoxy) is 2. The van der Waals surface area contributed by atoms with E-state index in [1.807, 2.05) is 0 Å². The van der Waals surface area contributed by atoms with Crippen molar-refractivity contribution >= 4 is 23.8 Å². The molecule has 9 nitrogen and oxygen atoms in total. The highest BCUT2D eigenvalue weighted by Crippen LogP contribution is 2.78. The number of hydrogen-bond donors (Lipinski definition) is 3. The summed E-state index contributed by atoms with van der Waals surface area (Å²) in [4.78, 5) is 54.4. The van der Waals surface area contributed by atoms with Gasteiger partial charge in [0.1, 0.15) is 12.2 Å². The summed E-state index contributed by atoms with van der Waals surface area (Å²) in [6.07, 6.45) is 24.4. The second kappa shape index (κ2) is 19.5. The monoisotopic (exact) mass is 1060 g/mol.